The zero-order chi connectivity index (χ0) is 10.8. The molecule has 0 saturated heterocycles. The summed E-state index contributed by atoms with van der Waals surface area (Å²) in [5.74, 6) is 0.674. The number of anilines is 1. The zero-order valence-corrected chi connectivity index (χ0v) is 11.0. The van der Waals surface area contributed by atoms with Gasteiger partial charge in [-0.25, -0.2) is 0 Å². The van der Waals surface area contributed by atoms with Crippen molar-refractivity contribution in [1.29, 1.82) is 0 Å². The largest absolute Gasteiger partial charge is 0.325 e. The van der Waals surface area contributed by atoms with Crippen molar-refractivity contribution in [2.45, 2.75) is 19.3 Å². The number of nitrogens with one attached hydrogen (secondary N) is 1. The first-order valence-corrected chi connectivity index (χ1v) is 6.36. The summed E-state index contributed by atoms with van der Waals surface area (Å²) in [6, 6.07) is 5.61. The van der Waals surface area contributed by atoms with Gasteiger partial charge in [0.2, 0.25) is 5.91 Å². The number of hydrogen-bond donors (Lipinski definition) is 1. The van der Waals surface area contributed by atoms with Crippen molar-refractivity contribution in [3.05, 3.63) is 26.8 Å². The molecular formula is C11H11ClINO. The van der Waals surface area contributed by atoms with Crippen LogP contribution in [0, 0.1) is 9.49 Å². The Morgan fingerprint density at radius 1 is 1.53 bits per heavy atom. The summed E-state index contributed by atoms with van der Waals surface area (Å²) in [7, 11) is 0. The van der Waals surface area contributed by atoms with E-state index < -0.39 is 0 Å². The number of amides is 1. The van der Waals surface area contributed by atoms with Gasteiger partial charge < -0.3 is 5.32 Å². The van der Waals surface area contributed by atoms with Gasteiger partial charge in [-0.3, -0.25) is 4.79 Å². The number of hydrogen-bond acceptors (Lipinski definition) is 1. The molecule has 0 aromatic heterocycles. The topological polar surface area (TPSA) is 29.1 Å². The van der Waals surface area contributed by atoms with Crippen molar-refractivity contribution < 1.29 is 4.79 Å². The molecular weight excluding hydrogens is 324 g/mol. The Morgan fingerprint density at radius 2 is 2.27 bits per heavy atom. The van der Waals surface area contributed by atoms with Crippen LogP contribution in [0.3, 0.4) is 0 Å². The van der Waals surface area contributed by atoms with Gasteiger partial charge in [-0.05, 0) is 59.5 Å². The van der Waals surface area contributed by atoms with E-state index >= 15 is 0 Å². The van der Waals surface area contributed by atoms with Gasteiger partial charge in [0.05, 0.1) is 10.7 Å². The second kappa shape index (κ2) is 4.70. The minimum Gasteiger partial charge on any atom is -0.325 e. The van der Waals surface area contributed by atoms with Crippen LogP contribution in [0.4, 0.5) is 5.69 Å². The fraction of sp³-hybridized carbons (Fsp3) is 0.364. The maximum Gasteiger partial charge on any atom is 0.224 e. The molecule has 2 rings (SSSR count). The quantitative estimate of drug-likeness (QED) is 0.839. The molecule has 4 heteroatoms. The average Bonchev–Trinajstić information content (AvgIpc) is 2.94. The molecule has 0 bridgehead atoms. The summed E-state index contributed by atoms with van der Waals surface area (Å²) < 4.78 is 1.07. The highest BCUT2D eigenvalue weighted by atomic mass is 127. The van der Waals surface area contributed by atoms with Crippen molar-refractivity contribution in [3.63, 3.8) is 0 Å². The molecule has 1 aliphatic rings. The second-order valence-electron chi connectivity index (χ2n) is 3.82. The van der Waals surface area contributed by atoms with Gasteiger partial charge in [-0.15, -0.1) is 0 Å². The molecule has 1 aromatic carbocycles. The van der Waals surface area contributed by atoms with E-state index in [1.54, 1.807) is 0 Å². The Morgan fingerprint density at radius 3 is 2.87 bits per heavy atom. The molecule has 0 radical (unpaired) electrons. The third-order valence-corrected chi connectivity index (χ3v) is 3.36. The molecule has 2 nitrogen and oxygen atoms in total. The van der Waals surface area contributed by atoms with Crippen LogP contribution in [-0.2, 0) is 4.79 Å². The summed E-state index contributed by atoms with van der Waals surface area (Å²) in [6.07, 6.45) is 3.00. The van der Waals surface area contributed by atoms with Crippen LogP contribution >= 0.6 is 34.2 Å². The minimum atomic E-state index is 0.0700. The van der Waals surface area contributed by atoms with Gasteiger partial charge in [0, 0.05) is 9.99 Å². The highest BCUT2D eigenvalue weighted by Gasteiger charge is 2.24. The standard InChI is InChI=1S/C11H11ClINO/c12-9-6-8(13)3-4-10(9)14-11(15)5-7-1-2-7/h3-4,6-7H,1-2,5H2,(H,14,15). The van der Waals surface area contributed by atoms with Crippen LogP contribution in [0.1, 0.15) is 19.3 Å². The molecule has 1 saturated carbocycles. The smallest absolute Gasteiger partial charge is 0.224 e. The zero-order valence-electron chi connectivity index (χ0n) is 8.09. The van der Waals surface area contributed by atoms with Crippen LogP contribution in [0.5, 0.6) is 0 Å². The molecule has 0 heterocycles. The highest BCUT2D eigenvalue weighted by Crippen LogP contribution is 2.33. The lowest BCUT2D eigenvalue weighted by molar-refractivity contribution is -0.116. The summed E-state index contributed by atoms with van der Waals surface area (Å²) in [5.41, 5.74) is 0.711. The van der Waals surface area contributed by atoms with Crippen molar-refractivity contribution in [2.75, 3.05) is 5.32 Å². The molecule has 0 aliphatic heterocycles. The Bertz CT molecular complexity index is 390. The molecule has 0 atom stereocenters. The first-order chi connectivity index (χ1) is 7.15. The maximum absolute atomic E-state index is 11.5. The fourth-order valence-corrected chi connectivity index (χ4v) is 2.28. The van der Waals surface area contributed by atoms with E-state index in [2.05, 4.69) is 27.9 Å². The number of rotatable bonds is 3. The summed E-state index contributed by atoms with van der Waals surface area (Å²) >= 11 is 8.19. The summed E-state index contributed by atoms with van der Waals surface area (Å²) in [6.45, 7) is 0. The van der Waals surface area contributed by atoms with Gasteiger partial charge >= 0.3 is 0 Å². The first kappa shape index (κ1) is 11.2. The molecule has 0 spiro atoms. The van der Waals surface area contributed by atoms with E-state index in [9.17, 15) is 4.79 Å². The number of halogens is 2. The number of carbonyl (C=O) groups excluding carboxylic acids is 1. The van der Waals surface area contributed by atoms with Gasteiger partial charge in [-0.2, -0.15) is 0 Å². The minimum absolute atomic E-state index is 0.0700. The highest BCUT2D eigenvalue weighted by molar-refractivity contribution is 14.1. The van der Waals surface area contributed by atoms with Gasteiger partial charge in [0.1, 0.15) is 0 Å². The summed E-state index contributed by atoms with van der Waals surface area (Å²) in [4.78, 5) is 11.5. The van der Waals surface area contributed by atoms with Crippen LogP contribution in [0.25, 0.3) is 0 Å². The SMILES string of the molecule is O=C(CC1CC1)Nc1ccc(I)cc1Cl. The molecule has 1 amide bonds. The van der Waals surface area contributed by atoms with Crippen molar-refractivity contribution in [3.8, 4) is 0 Å². The van der Waals surface area contributed by atoms with Crippen molar-refractivity contribution in [2.24, 2.45) is 5.92 Å². The molecule has 1 aromatic rings. The Kier molecular flexibility index (Phi) is 3.51. The van der Waals surface area contributed by atoms with E-state index in [4.69, 9.17) is 11.6 Å². The van der Waals surface area contributed by atoms with E-state index in [1.165, 1.54) is 12.8 Å². The third-order valence-electron chi connectivity index (χ3n) is 2.38. The Labute approximate surface area is 108 Å². The van der Waals surface area contributed by atoms with Crippen LogP contribution in [-0.4, -0.2) is 5.91 Å². The Hall–Kier alpha value is -0.290. The van der Waals surface area contributed by atoms with E-state index in [1.807, 2.05) is 18.2 Å². The molecule has 1 N–H and O–H groups in total. The fourth-order valence-electron chi connectivity index (χ4n) is 1.38. The van der Waals surface area contributed by atoms with Crippen molar-refractivity contribution in [1.82, 2.24) is 0 Å². The summed E-state index contributed by atoms with van der Waals surface area (Å²) in [5, 5.41) is 3.44. The monoisotopic (exact) mass is 335 g/mol. The molecule has 80 valence electrons. The average molecular weight is 336 g/mol. The number of carbonyl (C=O) groups is 1. The molecule has 15 heavy (non-hydrogen) atoms. The van der Waals surface area contributed by atoms with Crippen LogP contribution in [0.15, 0.2) is 18.2 Å². The van der Waals surface area contributed by atoms with E-state index in [-0.39, 0.29) is 5.91 Å². The lowest BCUT2D eigenvalue weighted by Gasteiger charge is -2.06. The van der Waals surface area contributed by atoms with Crippen LogP contribution < -0.4 is 5.32 Å². The lowest BCUT2D eigenvalue weighted by atomic mass is 10.2. The third kappa shape index (κ3) is 3.34. The molecule has 0 unspecified atom stereocenters. The molecule has 1 fully saturated rings. The van der Waals surface area contributed by atoms with E-state index in [0.29, 0.717) is 23.0 Å². The number of benzene rings is 1. The van der Waals surface area contributed by atoms with Gasteiger partial charge in [0.25, 0.3) is 0 Å². The van der Waals surface area contributed by atoms with E-state index in [0.717, 1.165) is 3.57 Å². The Balaban J connectivity index is 1.99. The first-order valence-electron chi connectivity index (χ1n) is 4.90. The second-order valence-corrected chi connectivity index (χ2v) is 5.47. The van der Waals surface area contributed by atoms with Crippen LogP contribution in [0.2, 0.25) is 5.02 Å². The predicted octanol–water partition coefficient (Wildman–Crippen LogP) is 3.68. The predicted molar refractivity (Wildman–Crippen MR) is 70.1 cm³/mol. The van der Waals surface area contributed by atoms with Gasteiger partial charge in [0.15, 0.2) is 0 Å². The maximum atomic E-state index is 11.5. The molecule has 1 aliphatic carbocycles. The normalized spacial score (nSPS) is 15.1. The lowest BCUT2D eigenvalue weighted by Crippen LogP contribution is -2.12. The van der Waals surface area contributed by atoms with Gasteiger partial charge in [-0.1, -0.05) is 11.6 Å². The van der Waals surface area contributed by atoms with Crippen molar-refractivity contribution >= 4 is 45.8 Å².